The van der Waals surface area contributed by atoms with Gasteiger partial charge in [-0.25, -0.2) is 0 Å². The molecule has 0 radical (unpaired) electrons. The molecule has 0 saturated carbocycles. The highest BCUT2D eigenvalue weighted by atomic mass is 35.5. The summed E-state index contributed by atoms with van der Waals surface area (Å²) in [6.07, 6.45) is 3.51. The van der Waals surface area contributed by atoms with Crippen molar-refractivity contribution < 1.29 is 0 Å². The Morgan fingerprint density at radius 1 is 1.62 bits per heavy atom. The molecule has 1 unspecified atom stereocenters. The zero-order valence-electron chi connectivity index (χ0n) is 10.3. The summed E-state index contributed by atoms with van der Waals surface area (Å²) in [5.74, 6) is 0. The predicted octanol–water partition coefficient (Wildman–Crippen LogP) is 2.33. The molecule has 0 aliphatic heterocycles. The summed E-state index contributed by atoms with van der Waals surface area (Å²) in [5, 5.41) is 5.16. The number of nitrogens with zero attached hydrogens (tertiary/aromatic N) is 2. The topological polar surface area (TPSA) is 43.8 Å². The largest absolute Gasteiger partial charge is 0.330 e. The molecule has 3 nitrogen and oxygen atoms in total. The highest BCUT2D eigenvalue weighted by Gasteiger charge is 2.24. The molecule has 2 N–H and O–H groups in total. The SMILES string of the molecule is C=CC(C)(CN)Cc1c(Cl)c(CC)nn1C. The average molecular weight is 242 g/mol. The van der Waals surface area contributed by atoms with E-state index in [4.69, 9.17) is 17.3 Å². The fourth-order valence-corrected chi connectivity index (χ4v) is 1.98. The first-order valence-corrected chi connectivity index (χ1v) is 5.89. The van der Waals surface area contributed by atoms with Crippen molar-refractivity contribution in [1.29, 1.82) is 0 Å². The van der Waals surface area contributed by atoms with E-state index < -0.39 is 0 Å². The minimum atomic E-state index is -0.123. The van der Waals surface area contributed by atoms with Gasteiger partial charge in [0, 0.05) is 25.4 Å². The molecule has 1 aromatic heterocycles. The highest BCUT2D eigenvalue weighted by molar-refractivity contribution is 6.31. The van der Waals surface area contributed by atoms with Crippen LogP contribution in [-0.4, -0.2) is 16.3 Å². The Morgan fingerprint density at radius 3 is 2.62 bits per heavy atom. The second kappa shape index (κ2) is 5.02. The Balaban J connectivity index is 3.05. The van der Waals surface area contributed by atoms with Crippen molar-refractivity contribution in [2.75, 3.05) is 6.54 Å². The van der Waals surface area contributed by atoms with Crippen LogP contribution in [-0.2, 0) is 19.9 Å². The lowest BCUT2D eigenvalue weighted by Gasteiger charge is -2.23. The van der Waals surface area contributed by atoms with E-state index in [1.807, 2.05) is 24.7 Å². The molecule has 90 valence electrons. The number of halogens is 1. The van der Waals surface area contributed by atoms with Crippen LogP contribution in [0.25, 0.3) is 0 Å². The average Bonchev–Trinajstić information content (AvgIpc) is 2.56. The van der Waals surface area contributed by atoms with Gasteiger partial charge in [0.15, 0.2) is 0 Å². The maximum Gasteiger partial charge on any atom is 0.0850 e. The van der Waals surface area contributed by atoms with Crippen molar-refractivity contribution in [3.05, 3.63) is 29.1 Å². The van der Waals surface area contributed by atoms with Crippen LogP contribution in [0.4, 0.5) is 0 Å². The summed E-state index contributed by atoms with van der Waals surface area (Å²) in [4.78, 5) is 0. The summed E-state index contributed by atoms with van der Waals surface area (Å²) in [6.45, 7) is 8.52. The Bertz CT molecular complexity index is 384. The molecule has 0 bridgehead atoms. The van der Waals surface area contributed by atoms with E-state index in [1.165, 1.54) is 0 Å². The predicted molar refractivity (Wildman–Crippen MR) is 68.7 cm³/mol. The van der Waals surface area contributed by atoms with E-state index in [-0.39, 0.29) is 5.41 Å². The molecular weight excluding hydrogens is 222 g/mol. The van der Waals surface area contributed by atoms with Gasteiger partial charge in [-0.1, -0.05) is 31.5 Å². The van der Waals surface area contributed by atoms with Gasteiger partial charge >= 0.3 is 0 Å². The third kappa shape index (κ3) is 2.47. The van der Waals surface area contributed by atoms with Gasteiger partial charge < -0.3 is 5.73 Å². The quantitative estimate of drug-likeness (QED) is 0.805. The molecule has 0 aliphatic carbocycles. The molecule has 0 spiro atoms. The van der Waals surface area contributed by atoms with Crippen LogP contribution in [0.1, 0.15) is 25.2 Å². The summed E-state index contributed by atoms with van der Waals surface area (Å²) in [7, 11) is 1.92. The summed E-state index contributed by atoms with van der Waals surface area (Å²) < 4.78 is 1.85. The van der Waals surface area contributed by atoms with E-state index in [2.05, 4.69) is 18.6 Å². The van der Waals surface area contributed by atoms with Gasteiger partial charge in [0.25, 0.3) is 0 Å². The van der Waals surface area contributed by atoms with Gasteiger partial charge in [-0.15, -0.1) is 6.58 Å². The van der Waals surface area contributed by atoms with Crippen LogP contribution in [0, 0.1) is 5.41 Å². The van der Waals surface area contributed by atoms with Crippen LogP contribution in [0.5, 0.6) is 0 Å². The fraction of sp³-hybridized carbons (Fsp3) is 0.583. The normalized spacial score (nSPS) is 14.8. The number of aromatic nitrogens is 2. The number of rotatable bonds is 5. The van der Waals surface area contributed by atoms with Crippen LogP contribution in [0.15, 0.2) is 12.7 Å². The summed E-state index contributed by atoms with van der Waals surface area (Å²) in [6, 6.07) is 0. The number of nitrogens with two attached hydrogens (primary N) is 1. The van der Waals surface area contributed by atoms with Crippen molar-refractivity contribution in [2.24, 2.45) is 18.2 Å². The summed E-state index contributed by atoms with van der Waals surface area (Å²) >= 11 is 6.29. The maximum atomic E-state index is 6.29. The van der Waals surface area contributed by atoms with Crippen LogP contribution >= 0.6 is 11.6 Å². The van der Waals surface area contributed by atoms with Crippen molar-refractivity contribution in [3.8, 4) is 0 Å². The Labute approximate surface area is 102 Å². The molecule has 0 aliphatic rings. The highest BCUT2D eigenvalue weighted by Crippen LogP contribution is 2.28. The molecule has 0 saturated heterocycles. The maximum absolute atomic E-state index is 6.29. The minimum Gasteiger partial charge on any atom is -0.330 e. The molecule has 4 heteroatoms. The second-order valence-electron chi connectivity index (χ2n) is 4.42. The zero-order valence-corrected chi connectivity index (χ0v) is 11.0. The first-order valence-electron chi connectivity index (χ1n) is 5.51. The van der Waals surface area contributed by atoms with Gasteiger partial charge in [-0.05, 0) is 6.42 Å². The van der Waals surface area contributed by atoms with Gasteiger partial charge in [-0.3, -0.25) is 4.68 Å². The van der Waals surface area contributed by atoms with Gasteiger partial charge in [-0.2, -0.15) is 5.10 Å². The molecule has 1 atom stereocenters. The number of aryl methyl sites for hydroxylation is 2. The number of hydrogen-bond donors (Lipinski definition) is 1. The third-order valence-electron chi connectivity index (χ3n) is 3.03. The molecule has 0 fully saturated rings. The van der Waals surface area contributed by atoms with E-state index in [0.29, 0.717) is 6.54 Å². The fourth-order valence-electron chi connectivity index (χ4n) is 1.62. The van der Waals surface area contributed by atoms with E-state index in [0.717, 1.165) is 29.3 Å². The number of hydrogen-bond acceptors (Lipinski definition) is 2. The Hall–Kier alpha value is -0.800. The van der Waals surface area contributed by atoms with Crippen LogP contribution in [0.2, 0.25) is 5.02 Å². The van der Waals surface area contributed by atoms with E-state index in [9.17, 15) is 0 Å². The van der Waals surface area contributed by atoms with E-state index in [1.54, 1.807) is 0 Å². The Morgan fingerprint density at radius 2 is 2.25 bits per heavy atom. The molecule has 1 aromatic rings. The van der Waals surface area contributed by atoms with Crippen molar-refractivity contribution >= 4 is 11.6 Å². The first kappa shape index (κ1) is 13.3. The van der Waals surface area contributed by atoms with E-state index >= 15 is 0 Å². The van der Waals surface area contributed by atoms with Crippen molar-refractivity contribution in [2.45, 2.75) is 26.7 Å². The van der Waals surface area contributed by atoms with Crippen LogP contribution in [0.3, 0.4) is 0 Å². The molecular formula is C12H20ClN3. The second-order valence-corrected chi connectivity index (χ2v) is 4.80. The lowest BCUT2D eigenvalue weighted by Crippen LogP contribution is -2.28. The van der Waals surface area contributed by atoms with Crippen molar-refractivity contribution in [3.63, 3.8) is 0 Å². The smallest absolute Gasteiger partial charge is 0.0850 e. The molecule has 1 heterocycles. The first-order chi connectivity index (χ1) is 7.47. The summed E-state index contributed by atoms with van der Waals surface area (Å²) in [5.41, 5.74) is 7.62. The zero-order chi connectivity index (χ0) is 12.3. The molecule has 1 rings (SSSR count). The monoisotopic (exact) mass is 241 g/mol. The lowest BCUT2D eigenvalue weighted by atomic mass is 9.85. The van der Waals surface area contributed by atoms with Gasteiger partial charge in [0.05, 0.1) is 16.4 Å². The Kier molecular flexibility index (Phi) is 4.16. The van der Waals surface area contributed by atoms with Crippen LogP contribution < -0.4 is 5.73 Å². The molecule has 16 heavy (non-hydrogen) atoms. The van der Waals surface area contributed by atoms with Crippen molar-refractivity contribution in [1.82, 2.24) is 9.78 Å². The molecule has 0 amide bonds. The standard InChI is InChI=1S/C12H20ClN3/c1-5-9-11(13)10(16(4)15-9)7-12(3,6-2)8-14/h6H,2,5,7-8,14H2,1,3-4H3. The molecule has 0 aromatic carbocycles. The van der Waals surface area contributed by atoms with Gasteiger partial charge in [0.2, 0.25) is 0 Å². The minimum absolute atomic E-state index is 0.123. The third-order valence-corrected chi connectivity index (χ3v) is 3.47. The van der Waals surface area contributed by atoms with Gasteiger partial charge in [0.1, 0.15) is 0 Å². The lowest BCUT2D eigenvalue weighted by molar-refractivity contribution is 0.424.